The molecule has 190 valence electrons. The molecule has 0 radical (unpaired) electrons. The number of esters is 1. The van der Waals surface area contributed by atoms with Crippen LogP contribution in [0.15, 0.2) is 78.9 Å². The number of methoxy groups -OCH3 is 1. The third-order valence-corrected chi connectivity index (χ3v) is 7.61. The number of fused-ring (bicyclic) bond motifs is 1. The summed E-state index contributed by atoms with van der Waals surface area (Å²) in [5, 5.41) is 3.16. The van der Waals surface area contributed by atoms with Crippen molar-refractivity contribution in [3.05, 3.63) is 107 Å². The van der Waals surface area contributed by atoms with Gasteiger partial charge < -0.3 is 15.0 Å². The minimum absolute atomic E-state index is 0.0297. The number of carbonyl (C=O) groups is 3. The van der Waals surface area contributed by atoms with E-state index in [4.69, 9.17) is 4.74 Å². The lowest BCUT2D eigenvalue weighted by atomic mass is 9.78. The van der Waals surface area contributed by atoms with Crippen molar-refractivity contribution in [2.24, 2.45) is 0 Å². The van der Waals surface area contributed by atoms with Crippen LogP contribution in [0.1, 0.15) is 75.0 Å². The van der Waals surface area contributed by atoms with E-state index in [1.165, 1.54) is 7.11 Å². The van der Waals surface area contributed by atoms with Crippen LogP contribution in [-0.2, 0) is 16.0 Å². The number of nitrogens with zero attached hydrogens (tertiary/aromatic N) is 1. The summed E-state index contributed by atoms with van der Waals surface area (Å²) in [4.78, 5) is 41.8. The number of hydrogen-bond acceptors (Lipinski definition) is 4. The number of nitrogens with one attached hydrogen (secondary N) is 1. The van der Waals surface area contributed by atoms with Crippen molar-refractivity contribution in [2.75, 3.05) is 13.7 Å². The van der Waals surface area contributed by atoms with Crippen molar-refractivity contribution in [2.45, 2.75) is 50.1 Å². The van der Waals surface area contributed by atoms with Crippen LogP contribution in [0.25, 0.3) is 0 Å². The molecule has 1 saturated carbocycles. The predicted octanol–water partition coefficient (Wildman–Crippen LogP) is 5.06. The molecule has 0 bridgehead atoms. The van der Waals surface area contributed by atoms with Crippen molar-refractivity contribution in [3.63, 3.8) is 0 Å². The van der Waals surface area contributed by atoms with E-state index < -0.39 is 17.9 Å². The van der Waals surface area contributed by atoms with Crippen molar-refractivity contribution in [3.8, 4) is 0 Å². The maximum Gasteiger partial charge on any atom is 0.337 e. The molecule has 0 saturated heterocycles. The first-order valence-corrected chi connectivity index (χ1v) is 13.0. The van der Waals surface area contributed by atoms with E-state index in [1.807, 2.05) is 71.6 Å². The molecule has 5 rings (SSSR count). The molecule has 2 amide bonds. The van der Waals surface area contributed by atoms with Crippen LogP contribution in [0.2, 0.25) is 0 Å². The summed E-state index contributed by atoms with van der Waals surface area (Å²) in [6.45, 7) is 0.507. The van der Waals surface area contributed by atoms with Crippen molar-refractivity contribution in [1.82, 2.24) is 10.2 Å². The summed E-state index contributed by atoms with van der Waals surface area (Å²) < 4.78 is 4.86. The SMILES string of the molecule is COC(=O)c1ccc(C2C(C(=O)NCCc3ccccc3)c3ccccc3C(=O)N2C2CCCC2)cc1. The third kappa shape index (κ3) is 5.01. The molecule has 2 atom stereocenters. The van der Waals surface area contributed by atoms with Gasteiger partial charge in [-0.05, 0) is 54.2 Å². The Morgan fingerprint density at radius 3 is 2.30 bits per heavy atom. The monoisotopic (exact) mass is 496 g/mol. The molecule has 2 aliphatic rings. The molecule has 1 N–H and O–H groups in total. The average molecular weight is 497 g/mol. The quantitative estimate of drug-likeness (QED) is 0.464. The molecule has 1 aliphatic carbocycles. The zero-order valence-electron chi connectivity index (χ0n) is 21.1. The Morgan fingerprint density at radius 1 is 0.919 bits per heavy atom. The molecule has 6 nitrogen and oxygen atoms in total. The van der Waals surface area contributed by atoms with E-state index in [9.17, 15) is 14.4 Å². The Labute approximate surface area is 217 Å². The highest BCUT2D eigenvalue weighted by atomic mass is 16.5. The normalized spacial score (nSPS) is 19.4. The van der Waals surface area contributed by atoms with Gasteiger partial charge in [-0.25, -0.2) is 4.79 Å². The van der Waals surface area contributed by atoms with E-state index >= 15 is 0 Å². The molecule has 0 spiro atoms. The van der Waals surface area contributed by atoms with Gasteiger partial charge in [-0.2, -0.15) is 0 Å². The first kappa shape index (κ1) is 24.8. The van der Waals surface area contributed by atoms with Gasteiger partial charge in [0.15, 0.2) is 0 Å². The Hall–Kier alpha value is -3.93. The summed E-state index contributed by atoms with van der Waals surface area (Å²) in [6, 6.07) is 24.3. The van der Waals surface area contributed by atoms with E-state index in [1.54, 1.807) is 12.1 Å². The minimum atomic E-state index is -0.561. The zero-order chi connectivity index (χ0) is 25.8. The highest BCUT2D eigenvalue weighted by Gasteiger charge is 2.46. The second-order valence-corrected chi connectivity index (χ2v) is 9.80. The van der Waals surface area contributed by atoms with Gasteiger partial charge in [0.05, 0.1) is 24.6 Å². The number of hydrogen-bond donors (Lipinski definition) is 1. The summed E-state index contributed by atoms with van der Waals surface area (Å²) in [6.07, 6.45) is 4.71. The number of rotatable bonds is 7. The smallest absolute Gasteiger partial charge is 0.337 e. The minimum Gasteiger partial charge on any atom is -0.465 e. The van der Waals surface area contributed by atoms with E-state index in [2.05, 4.69) is 5.32 Å². The van der Waals surface area contributed by atoms with Gasteiger partial charge in [0.1, 0.15) is 0 Å². The molecule has 1 fully saturated rings. The van der Waals surface area contributed by atoms with Crippen molar-refractivity contribution in [1.29, 1.82) is 0 Å². The maximum atomic E-state index is 13.9. The lowest BCUT2D eigenvalue weighted by Gasteiger charge is -2.45. The van der Waals surface area contributed by atoms with Crippen LogP contribution in [0, 0.1) is 0 Å². The van der Waals surface area contributed by atoms with Gasteiger partial charge in [-0.1, -0.05) is 73.5 Å². The fraction of sp³-hybridized carbons (Fsp3) is 0.323. The fourth-order valence-electron chi connectivity index (χ4n) is 5.79. The molecule has 0 aromatic heterocycles. The lowest BCUT2D eigenvalue weighted by Crippen LogP contribution is -2.51. The molecule has 2 unspecified atom stereocenters. The fourth-order valence-corrected chi connectivity index (χ4v) is 5.79. The number of ether oxygens (including phenoxy) is 1. The lowest BCUT2D eigenvalue weighted by molar-refractivity contribution is -0.124. The molecule has 1 aliphatic heterocycles. The molecule has 37 heavy (non-hydrogen) atoms. The molecule has 1 heterocycles. The standard InChI is InChI=1S/C31H32N2O4/c1-37-31(36)23-17-15-22(16-18-23)28-27(29(34)32-20-19-21-9-3-2-4-10-21)25-13-7-8-14-26(25)30(35)33(28)24-11-5-6-12-24/h2-4,7-10,13-18,24,27-28H,5-6,11-12,19-20H2,1H3,(H,32,34). The number of amides is 2. The number of benzene rings is 3. The summed E-state index contributed by atoms with van der Waals surface area (Å²) in [5.41, 5.74) is 3.78. The van der Waals surface area contributed by atoms with Gasteiger partial charge in [0, 0.05) is 18.2 Å². The third-order valence-electron chi connectivity index (χ3n) is 7.61. The molecular weight excluding hydrogens is 464 g/mol. The first-order chi connectivity index (χ1) is 18.1. The highest BCUT2D eigenvalue weighted by molar-refractivity contribution is 6.01. The molecule has 6 heteroatoms. The van der Waals surface area contributed by atoms with Crippen LogP contribution < -0.4 is 5.32 Å². The van der Waals surface area contributed by atoms with Crippen LogP contribution in [0.5, 0.6) is 0 Å². The zero-order valence-corrected chi connectivity index (χ0v) is 21.1. The van der Waals surface area contributed by atoms with Crippen molar-refractivity contribution < 1.29 is 19.1 Å². The van der Waals surface area contributed by atoms with Gasteiger partial charge >= 0.3 is 5.97 Å². The van der Waals surface area contributed by atoms with Crippen molar-refractivity contribution >= 4 is 17.8 Å². The van der Waals surface area contributed by atoms with Crippen LogP contribution in [0.3, 0.4) is 0 Å². The molecule has 3 aromatic carbocycles. The summed E-state index contributed by atoms with van der Waals surface area (Å²) >= 11 is 0. The first-order valence-electron chi connectivity index (χ1n) is 13.0. The second-order valence-electron chi connectivity index (χ2n) is 9.80. The summed E-state index contributed by atoms with van der Waals surface area (Å²) in [7, 11) is 1.35. The van der Waals surface area contributed by atoms with Gasteiger partial charge in [0.25, 0.3) is 5.91 Å². The van der Waals surface area contributed by atoms with Gasteiger partial charge in [0.2, 0.25) is 5.91 Å². The summed E-state index contributed by atoms with van der Waals surface area (Å²) in [5.74, 6) is -1.10. The Balaban J connectivity index is 1.53. The predicted molar refractivity (Wildman–Crippen MR) is 141 cm³/mol. The van der Waals surface area contributed by atoms with E-state index in [0.717, 1.165) is 48.8 Å². The van der Waals surface area contributed by atoms with Crippen LogP contribution in [0.4, 0.5) is 0 Å². The number of carbonyl (C=O) groups excluding carboxylic acids is 3. The molecule has 3 aromatic rings. The largest absolute Gasteiger partial charge is 0.465 e. The average Bonchev–Trinajstić information content (AvgIpc) is 3.48. The topological polar surface area (TPSA) is 75.7 Å². The Morgan fingerprint density at radius 2 is 1.59 bits per heavy atom. The highest BCUT2D eigenvalue weighted by Crippen LogP contribution is 2.46. The van der Waals surface area contributed by atoms with Crippen LogP contribution in [-0.4, -0.2) is 42.4 Å². The Bertz CT molecular complexity index is 1270. The second kappa shape index (κ2) is 11.0. The van der Waals surface area contributed by atoms with Gasteiger partial charge in [-0.3, -0.25) is 9.59 Å². The van der Waals surface area contributed by atoms with E-state index in [0.29, 0.717) is 17.7 Å². The van der Waals surface area contributed by atoms with E-state index in [-0.39, 0.29) is 17.9 Å². The Kier molecular flexibility index (Phi) is 7.35. The van der Waals surface area contributed by atoms with Crippen LogP contribution >= 0.6 is 0 Å². The van der Waals surface area contributed by atoms with Gasteiger partial charge in [-0.15, -0.1) is 0 Å². The maximum absolute atomic E-state index is 13.9. The molecular formula is C31H32N2O4.